The number of rotatable bonds is 2. The maximum absolute atomic E-state index is 4.99. The molecule has 0 aromatic carbocycles. The van der Waals surface area contributed by atoms with E-state index in [2.05, 4.69) is 38.3 Å². The van der Waals surface area contributed by atoms with Gasteiger partial charge < -0.3 is 9.80 Å². The molecule has 2 aromatic rings. The Morgan fingerprint density at radius 3 is 2.72 bits per heavy atom. The summed E-state index contributed by atoms with van der Waals surface area (Å²) >= 11 is 0. The van der Waals surface area contributed by atoms with Gasteiger partial charge in [0.25, 0.3) is 0 Å². The Hall–Kier alpha value is -2.41. The fraction of sp³-hybridized carbons (Fsp3) is 0.591. The Bertz CT molecular complexity index is 915. The Balaban J connectivity index is 1.26. The lowest BCUT2D eigenvalue weighted by molar-refractivity contribution is 0.0953. The molecule has 1 N–H and O–H groups in total. The minimum absolute atomic E-state index is 0.0504. The second-order valence-electron chi connectivity index (χ2n) is 9.17. The molecule has 4 aliphatic rings. The van der Waals surface area contributed by atoms with Crippen molar-refractivity contribution in [3.8, 4) is 0 Å². The van der Waals surface area contributed by atoms with Crippen molar-refractivity contribution in [2.24, 2.45) is 5.41 Å². The van der Waals surface area contributed by atoms with Crippen LogP contribution in [0.3, 0.4) is 0 Å². The van der Waals surface area contributed by atoms with E-state index in [-0.39, 0.29) is 6.17 Å². The summed E-state index contributed by atoms with van der Waals surface area (Å²) in [6.45, 7) is 3.22. The van der Waals surface area contributed by atoms with Crippen LogP contribution in [0.2, 0.25) is 0 Å². The van der Waals surface area contributed by atoms with Crippen molar-refractivity contribution in [2.75, 3.05) is 41.9 Å². The SMILES string of the molecule is CN1Nc2nc(N3CCC4(CCC4)CC3)cnc2C1N1CCCc2ncccc21. The van der Waals surface area contributed by atoms with Crippen LogP contribution in [0.15, 0.2) is 24.5 Å². The third kappa shape index (κ3) is 2.78. The molecule has 1 unspecified atom stereocenters. The molecule has 2 fully saturated rings. The second-order valence-corrected chi connectivity index (χ2v) is 9.17. The smallest absolute Gasteiger partial charge is 0.168 e. The fourth-order valence-electron chi connectivity index (χ4n) is 5.64. The largest absolute Gasteiger partial charge is 0.355 e. The standard InChI is InChI=1S/C22H29N7/c1-27-21(29-12-3-5-16-17(29)6-2-11-23-16)19-20(26-27)25-18(15-24-19)28-13-9-22(10-14-28)7-4-8-22/h2,6,11,15,21H,3-5,7-10,12-14H2,1H3,(H,25,26). The van der Waals surface area contributed by atoms with E-state index < -0.39 is 0 Å². The number of hydrogen-bond acceptors (Lipinski definition) is 7. The van der Waals surface area contributed by atoms with E-state index >= 15 is 0 Å². The third-order valence-corrected chi connectivity index (χ3v) is 7.53. The van der Waals surface area contributed by atoms with Crippen LogP contribution < -0.4 is 15.2 Å². The van der Waals surface area contributed by atoms with Crippen molar-refractivity contribution < 1.29 is 0 Å². The van der Waals surface area contributed by atoms with Crippen LogP contribution in [0, 0.1) is 5.41 Å². The first-order chi connectivity index (χ1) is 14.2. The zero-order valence-electron chi connectivity index (χ0n) is 17.1. The number of anilines is 3. The number of nitrogens with zero attached hydrogens (tertiary/aromatic N) is 6. The molecule has 1 saturated heterocycles. The van der Waals surface area contributed by atoms with E-state index in [4.69, 9.17) is 9.97 Å². The van der Waals surface area contributed by atoms with Gasteiger partial charge in [0.05, 0.1) is 17.6 Å². The maximum Gasteiger partial charge on any atom is 0.168 e. The van der Waals surface area contributed by atoms with Gasteiger partial charge in [-0.3, -0.25) is 10.4 Å². The van der Waals surface area contributed by atoms with Gasteiger partial charge >= 0.3 is 0 Å². The first-order valence-electron chi connectivity index (χ1n) is 11.0. The van der Waals surface area contributed by atoms with Gasteiger partial charge in [0.15, 0.2) is 5.82 Å². The number of piperidine rings is 1. The molecule has 7 nitrogen and oxygen atoms in total. The molecule has 1 saturated carbocycles. The fourth-order valence-corrected chi connectivity index (χ4v) is 5.64. The van der Waals surface area contributed by atoms with Gasteiger partial charge in [0, 0.05) is 32.9 Å². The molecule has 3 aliphatic heterocycles. The average molecular weight is 392 g/mol. The first kappa shape index (κ1) is 17.4. The van der Waals surface area contributed by atoms with E-state index in [1.165, 1.54) is 43.5 Å². The summed E-state index contributed by atoms with van der Waals surface area (Å²) in [7, 11) is 2.08. The molecular weight excluding hydrogens is 362 g/mol. The molecule has 152 valence electrons. The average Bonchev–Trinajstić information content (AvgIpc) is 3.07. The molecule has 5 heterocycles. The van der Waals surface area contributed by atoms with E-state index in [0.29, 0.717) is 5.41 Å². The highest BCUT2D eigenvalue weighted by atomic mass is 15.6. The zero-order chi connectivity index (χ0) is 19.4. The summed E-state index contributed by atoms with van der Waals surface area (Å²) in [5.74, 6) is 1.91. The van der Waals surface area contributed by atoms with Crippen LogP contribution in [0.25, 0.3) is 0 Å². The summed E-state index contributed by atoms with van der Waals surface area (Å²) in [6, 6.07) is 4.21. The maximum atomic E-state index is 4.99. The van der Waals surface area contributed by atoms with Gasteiger partial charge in [-0.15, -0.1) is 0 Å². The number of fused-ring (bicyclic) bond motifs is 2. The number of hydrogen-bond donors (Lipinski definition) is 1. The van der Waals surface area contributed by atoms with Crippen LogP contribution in [0.1, 0.15) is 56.1 Å². The summed E-state index contributed by atoms with van der Waals surface area (Å²) < 4.78 is 0. The summed E-state index contributed by atoms with van der Waals surface area (Å²) in [4.78, 5) is 19.3. The summed E-state index contributed by atoms with van der Waals surface area (Å²) in [5, 5.41) is 2.14. The van der Waals surface area contributed by atoms with Crippen molar-refractivity contribution in [3.05, 3.63) is 35.9 Å². The lowest BCUT2D eigenvalue weighted by Gasteiger charge is -2.48. The quantitative estimate of drug-likeness (QED) is 0.842. The molecule has 0 amide bonds. The van der Waals surface area contributed by atoms with Crippen molar-refractivity contribution in [2.45, 2.75) is 51.1 Å². The topological polar surface area (TPSA) is 60.4 Å². The van der Waals surface area contributed by atoms with Gasteiger partial charge in [-0.25, -0.2) is 9.97 Å². The molecular formula is C22H29N7. The second kappa shape index (κ2) is 6.55. The highest BCUT2D eigenvalue weighted by molar-refractivity contribution is 5.59. The molecule has 0 bridgehead atoms. The Morgan fingerprint density at radius 2 is 1.93 bits per heavy atom. The molecule has 1 atom stereocenters. The summed E-state index contributed by atoms with van der Waals surface area (Å²) in [5.41, 5.74) is 7.54. The van der Waals surface area contributed by atoms with Gasteiger partial charge in [-0.2, -0.15) is 5.01 Å². The predicted molar refractivity (Wildman–Crippen MR) is 114 cm³/mol. The lowest BCUT2D eigenvalue weighted by atomic mass is 9.63. The number of nitrogens with one attached hydrogen (secondary N) is 1. The molecule has 1 spiro atoms. The Morgan fingerprint density at radius 1 is 1.07 bits per heavy atom. The molecule has 2 aromatic heterocycles. The normalized spacial score (nSPS) is 25.3. The van der Waals surface area contributed by atoms with E-state index in [1.807, 2.05) is 18.5 Å². The number of aromatic nitrogens is 3. The molecule has 7 heteroatoms. The van der Waals surface area contributed by atoms with Crippen molar-refractivity contribution >= 4 is 17.3 Å². The van der Waals surface area contributed by atoms with Crippen molar-refractivity contribution in [1.82, 2.24) is 20.0 Å². The monoisotopic (exact) mass is 391 g/mol. The van der Waals surface area contributed by atoms with Gasteiger partial charge in [0.1, 0.15) is 17.7 Å². The predicted octanol–water partition coefficient (Wildman–Crippen LogP) is 3.37. The molecule has 1 aliphatic carbocycles. The van der Waals surface area contributed by atoms with Crippen LogP contribution in [-0.2, 0) is 6.42 Å². The van der Waals surface area contributed by atoms with Crippen LogP contribution in [-0.4, -0.2) is 46.6 Å². The number of hydrazine groups is 1. The summed E-state index contributed by atoms with van der Waals surface area (Å²) in [6.07, 6.45) is 13.0. The van der Waals surface area contributed by atoms with Crippen molar-refractivity contribution in [1.29, 1.82) is 0 Å². The third-order valence-electron chi connectivity index (χ3n) is 7.53. The highest BCUT2D eigenvalue weighted by Gasteiger charge is 2.41. The Kier molecular flexibility index (Phi) is 3.94. The molecule has 29 heavy (non-hydrogen) atoms. The minimum atomic E-state index is 0.0504. The van der Waals surface area contributed by atoms with Crippen LogP contribution in [0.4, 0.5) is 17.3 Å². The minimum Gasteiger partial charge on any atom is -0.355 e. The van der Waals surface area contributed by atoms with Crippen LogP contribution in [0.5, 0.6) is 0 Å². The van der Waals surface area contributed by atoms with E-state index in [1.54, 1.807) is 0 Å². The van der Waals surface area contributed by atoms with Gasteiger partial charge in [-0.1, -0.05) is 6.42 Å². The molecule has 0 radical (unpaired) electrons. The van der Waals surface area contributed by atoms with E-state index in [9.17, 15) is 0 Å². The lowest BCUT2D eigenvalue weighted by Crippen LogP contribution is -2.44. The number of aryl methyl sites for hydroxylation is 1. The Labute approximate surface area is 172 Å². The highest BCUT2D eigenvalue weighted by Crippen LogP contribution is 2.49. The number of pyridine rings is 1. The van der Waals surface area contributed by atoms with Crippen LogP contribution >= 0.6 is 0 Å². The first-order valence-corrected chi connectivity index (χ1v) is 11.0. The molecule has 6 rings (SSSR count). The van der Waals surface area contributed by atoms with E-state index in [0.717, 1.165) is 49.8 Å². The zero-order valence-corrected chi connectivity index (χ0v) is 17.1. The van der Waals surface area contributed by atoms with Gasteiger partial charge in [-0.05, 0) is 56.1 Å². The van der Waals surface area contributed by atoms with Gasteiger partial charge in [0.2, 0.25) is 0 Å². The van der Waals surface area contributed by atoms with Crippen molar-refractivity contribution in [3.63, 3.8) is 0 Å².